The van der Waals surface area contributed by atoms with Crippen molar-refractivity contribution in [2.45, 2.75) is 32.2 Å². The van der Waals surface area contributed by atoms with Gasteiger partial charge in [-0.1, -0.05) is 12.1 Å². The number of hydrogen-bond acceptors (Lipinski definition) is 8. The van der Waals surface area contributed by atoms with E-state index in [1.165, 1.54) is 4.52 Å². The standard InChI is InChI=1S/C13H11F2N9.C6H11F2N/c14-9(15)5-24-12-8(20-22-24)2-1-7(18-12)6-3-4-23-10(6)11(16)19-13(17)21-23;1-2-9-4-3-6(7,8)5-9/h1-4,9H,5H2,(H4,16,17,19,21);2-5H2,1H3. The van der Waals surface area contributed by atoms with Gasteiger partial charge in [0.15, 0.2) is 11.5 Å². The Morgan fingerprint density at radius 2 is 1.94 bits per heavy atom. The lowest BCUT2D eigenvalue weighted by atomic mass is 10.2. The second-order valence-electron chi connectivity index (χ2n) is 7.55. The van der Waals surface area contributed by atoms with Crippen molar-refractivity contribution in [1.29, 1.82) is 0 Å². The van der Waals surface area contributed by atoms with Gasteiger partial charge in [0.2, 0.25) is 5.95 Å². The normalized spacial score (nSPS) is 15.9. The van der Waals surface area contributed by atoms with E-state index in [9.17, 15) is 17.6 Å². The van der Waals surface area contributed by atoms with Crippen molar-refractivity contribution in [3.8, 4) is 11.3 Å². The summed E-state index contributed by atoms with van der Waals surface area (Å²) in [7, 11) is 0. The second-order valence-corrected chi connectivity index (χ2v) is 7.55. The minimum atomic E-state index is -2.55. The number of nitrogens with zero attached hydrogens (tertiary/aromatic N) is 8. The van der Waals surface area contributed by atoms with Gasteiger partial charge in [-0.2, -0.15) is 4.98 Å². The molecule has 1 saturated heterocycles. The van der Waals surface area contributed by atoms with Crippen LogP contribution in [-0.4, -0.2) is 71.5 Å². The minimum Gasteiger partial charge on any atom is -0.382 e. The fourth-order valence-electron chi connectivity index (χ4n) is 3.61. The summed E-state index contributed by atoms with van der Waals surface area (Å²) in [6, 6.07) is 5.11. The van der Waals surface area contributed by atoms with Gasteiger partial charge < -0.3 is 11.5 Å². The van der Waals surface area contributed by atoms with Crippen LogP contribution >= 0.6 is 0 Å². The molecule has 10 nitrogen and oxygen atoms in total. The van der Waals surface area contributed by atoms with Crippen molar-refractivity contribution in [3.63, 3.8) is 0 Å². The van der Waals surface area contributed by atoms with Crippen LogP contribution in [0.5, 0.6) is 0 Å². The van der Waals surface area contributed by atoms with Crippen LogP contribution in [-0.2, 0) is 6.54 Å². The van der Waals surface area contributed by atoms with E-state index in [2.05, 4.69) is 25.4 Å². The summed E-state index contributed by atoms with van der Waals surface area (Å²) >= 11 is 0. The van der Waals surface area contributed by atoms with Gasteiger partial charge in [-0.25, -0.2) is 31.7 Å². The molecule has 1 aliphatic rings. The molecule has 0 radical (unpaired) electrons. The van der Waals surface area contributed by atoms with Crippen LogP contribution in [0, 0.1) is 0 Å². The maximum atomic E-state index is 12.6. The third-order valence-electron chi connectivity index (χ3n) is 5.20. The quantitative estimate of drug-likeness (QED) is 0.439. The van der Waals surface area contributed by atoms with E-state index in [4.69, 9.17) is 11.5 Å². The molecule has 176 valence electrons. The second kappa shape index (κ2) is 8.77. The van der Waals surface area contributed by atoms with Gasteiger partial charge in [-0.15, -0.1) is 10.2 Å². The molecule has 5 rings (SSSR count). The lowest BCUT2D eigenvalue weighted by Crippen LogP contribution is -2.24. The summed E-state index contributed by atoms with van der Waals surface area (Å²) in [6.07, 6.45) is -0.844. The van der Waals surface area contributed by atoms with Gasteiger partial charge in [0, 0.05) is 24.7 Å². The molecule has 0 aliphatic carbocycles. The van der Waals surface area contributed by atoms with E-state index >= 15 is 0 Å². The summed E-state index contributed by atoms with van der Waals surface area (Å²) in [6.45, 7) is 2.59. The monoisotopic (exact) mass is 466 g/mol. The van der Waals surface area contributed by atoms with E-state index < -0.39 is 18.9 Å². The topological polar surface area (TPSA) is 129 Å². The molecule has 14 heteroatoms. The molecule has 1 aliphatic heterocycles. The largest absolute Gasteiger partial charge is 0.382 e. The lowest BCUT2D eigenvalue weighted by Gasteiger charge is -2.11. The summed E-state index contributed by atoms with van der Waals surface area (Å²) in [5.74, 6) is -2.16. The Hall–Kier alpha value is -3.55. The van der Waals surface area contributed by atoms with Gasteiger partial charge >= 0.3 is 0 Å². The molecule has 0 bridgehead atoms. The van der Waals surface area contributed by atoms with Crippen molar-refractivity contribution >= 4 is 28.4 Å². The number of anilines is 2. The predicted octanol–water partition coefficient (Wildman–Crippen LogP) is 2.31. The summed E-state index contributed by atoms with van der Waals surface area (Å²) in [5.41, 5.74) is 13.9. The van der Waals surface area contributed by atoms with Gasteiger partial charge in [0.1, 0.15) is 17.6 Å². The van der Waals surface area contributed by atoms with Crippen molar-refractivity contribution in [2.24, 2.45) is 0 Å². The molecule has 4 aromatic rings. The van der Waals surface area contributed by atoms with Crippen LogP contribution in [0.2, 0.25) is 0 Å². The zero-order valence-corrected chi connectivity index (χ0v) is 17.7. The molecule has 33 heavy (non-hydrogen) atoms. The number of halogens is 4. The highest BCUT2D eigenvalue weighted by Crippen LogP contribution is 2.28. The van der Waals surface area contributed by atoms with Crippen molar-refractivity contribution in [2.75, 3.05) is 31.1 Å². The minimum absolute atomic E-state index is 0.0382. The molecule has 0 amide bonds. The van der Waals surface area contributed by atoms with Crippen molar-refractivity contribution in [3.05, 3.63) is 24.4 Å². The maximum Gasteiger partial charge on any atom is 0.261 e. The highest BCUT2D eigenvalue weighted by molar-refractivity contribution is 5.88. The molecule has 0 unspecified atom stereocenters. The molecule has 4 aromatic heterocycles. The average molecular weight is 466 g/mol. The Kier molecular flexibility index (Phi) is 6.01. The van der Waals surface area contributed by atoms with Crippen LogP contribution in [0.1, 0.15) is 13.3 Å². The molecular weight excluding hydrogens is 444 g/mol. The lowest BCUT2D eigenvalue weighted by molar-refractivity contribution is 0.0127. The summed E-state index contributed by atoms with van der Waals surface area (Å²) in [5, 5.41) is 11.6. The van der Waals surface area contributed by atoms with Crippen molar-refractivity contribution < 1.29 is 17.6 Å². The molecule has 1 fully saturated rings. The van der Waals surface area contributed by atoms with Crippen LogP contribution in [0.25, 0.3) is 27.9 Å². The Morgan fingerprint density at radius 3 is 2.58 bits per heavy atom. The Bertz CT molecular complexity index is 1270. The van der Waals surface area contributed by atoms with E-state index in [0.29, 0.717) is 28.8 Å². The zero-order valence-electron chi connectivity index (χ0n) is 17.7. The van der Waals surface area contributed by atoms with Crippen LogP contribution < -0.4 is 11.5 Å². The van der Waals surface area contributed by atoms with E-state index in [1.54, 1.807) is 29.3 Å². The first-order valence-electron chi connectivity index (χ1n) is 10.2. The number of fused-ring (bicyclic) bond motifs is 2. The van der Waals surface area contributed by atoms with Gasteiger partial charge in [0.25, 0.3) is 12.3 Å². The number of nitrogen functional groups attached to an aromatic ring is 2. The number of aromatic nitrogens is 7. The summed E-state index contributed by atoms with van der Waals surface area (Å²) in [4.78, 5) is 10.1. The number of pyridine rings is 1. The van der Waals surface area contributed by atoms with E-state index in [1.807, 2.05) is 6.92 Å². The number of likely N-dealkylation sites (tertiary alicyclic amines) is 1. The average Bonchev–Trinajstić information content (AvgIpc) is 3.44. The third-order valence-corrected chi connectivity index (χ3v) is 5.20. The molecule has 0 spiro atoms. The Morgan fingerprint density at radius 1 is 1.15 bits per heavy atom. The SMILES string of the molecule is CCN1CCC(F)(F)C1.Nc1nc(N)c2c(-c3ccc4nnn(CC(F)F)c4n3)ccn2n1. The van der Waals surface area contributed by atoms with Gasteiger partial charge in [-0.05, 0) is 24.7 Å². The Balaban J connectivity index is 0.000000243. The van der Waals surface area contributed by atoms with E-state index in [-0.39, 0.29) is 30.4 Å². The molecule has 0 aromatic carbocycles. The molecule has 4 N–H and O–H groups in total. The number of hydrogen-bond donors (Lipinski definition) is 2. The first-order valence-corrected chi connectivity index (χ1v) is 10.2. The van der Waals surface area contributed by atoms with Crippen molar-refractivity contribution in [1.82, 2.24) is 39.5 Å². The van der Waals surface area contributed by atoms with Crippen LogP contribution in [0.3, 0.4) is 0 Å². The number of alkyl halides is 4. The highest BCUT2D eigenvalue weighted by Gasteiger charge is 2.37. The van der Waals surface area contributed by atoms with Gasteiger partial charge in [0.05, 0.1) is 12.2 Å². The number of rotatable bonds is 4. The number of nitrogens with two attached hydrogens (primary N) is 2. The molecule has 0 saturated carbocycles. The van der Waals surface area contributed by atoms with Crippen LogP contribution in [0.15, 0.2) is 24.4 Å². The Labute approximate surface area is 185 Å². The molecular formula is C19H22F4N10. The maximum absolute atomic E-state index is 12.6. The van der Waals surface area contributed by atoms with E-state index in [0.717, 1.165) is 11.2 Å². The fraction of sp³-hybridized carbons (Fsp3) is 0.421. The molecule has 0 atom stereocenters. The zero-order chi connectivity index (χ0) is 23.8. The summed E-state index contributed by atoms with van der Waals surface area (Å²) < 4.78 is 52.5. The predicted molar refractivity (Wildman–Crippen MR) is 114 cm³/mol. The first-order chi connectivity index (χ1) is 15.7. The smallest absolute Gasteiger partial charge is 0.261 e. The fourth-order valence-corrected chi connectivity index (χ4v) is 3.61. The third kappa shape index (κ3) is 4.79. The molecule has 5 heterocycles. The van der Waals surface area contributed by atoms with Gasteiger partial charge in [-0.3, -0.25) is 4.90 Å². The highest BCUT2D eigenvalue weighted by atomic mass is 19.3. The first kappa shape index (κ1) is 22.6. The van der Waals surface area contributed by atoms with Crippen LogP contribution in [0.4, 0.5) is 29.3 Å².